The van der Waals surface area contributed by atoms with Crippen molar-refractivity contribution in [3.05, 3.63) is 35.4 Å². The minimum absolute atomic E-state index is 0.169. The third-order valence-corrected chi connectivity index (χ3v) is 5.13. The molecule has 2 amide bonds. The number of benzene rings is 1. The molecule has 1 aromatic carbocycles. The molecule has 1 aromatic rings. The smallest absolute Gasteiger partial charge is 0.314 e. The second-order valence-electron chi connectivity index (χ2n) is 6.89. The molecule has 2 rings (SSSR count). The highest BCUT2D eigenvalue weighted by Crippen LogP contribution is 2.40. The van der Waals surface area contributed by atoms with Gasteiger partial charge in [-0.15, -0.1) is 0 Å². The quantitative estimate of drug-likeness (QED) is 0.684. The first kappa shape index (κ1) is 18.7. The third kappa shape index (κ3) is 5.21. The highest BCUT2D eigenvalue weighted by atomic mass is 16.5. The van der Waals surface area contributed by atoms with Crippen LogP contribution in [0.4, 0.5) is 4.79 Å². The Labute approximate surface area is 144 Å². The zero-order valence-electron chi connectivity index (χ0n) is 14.8. The highest BCUT2D eigenvalue weighted by molar-refractivity contribution is 5.73. The fraction of sp³-hybridized carbons (Fsp3) is 0.632. The number of carbonyl (C=O) groups is 1. The first-order valence-electron chi connectivity index (χ1n) is 8.80. The molecule has 1 saturated carbocycles. The summed E-state index contributed by atoms with van der Waals surface area (Å²) in [4.78, 5) is 12.1. The Morgan fingerprint density at radius 3 is 2.67 bits per heavy atom. The lowest BCUT2D eigenvalue weighted by Gasteiger charge is -2.29. The summed E-state index contributed by atoms with van der Waals surface area (Å²) >= 11 is 0. The predicted octanol–water partition coefficient (Wildman–Crippen LogP) is 2.92. The van der Waals surface area contributed by atoms with Crippen LogP contribution < -0.4 is 10.6 Å². The van der Waals surface area contributed by atoms with Crippen molar-refractivity contribution in [3.8, 4) is 0 Å². The van der Waals surface area contributed by atoms with Crippen molar-refractivity contribution in [2.75, 3.05) is 26.8 Å². The van der Waals surface area contributed by atoms with Crippen molar-refractivity contribution in [1.82, 2.24) is 10.6 Å². The molecule has 1 fully saturated rings. The SMILES string of the molecule is COCCC1(CNC(=O)NCC(O)c2ccccc2C)CCCC1. The molecule has 134 valence electrons. The Morgan fingerprint density at radius 2 is 2.00 bits per heavy atom. The molecule has 0 heterocycles. The van der Waals surface area contributed by atoms with Gasteiger partial charge in [0.1, 0.15) is 0 Å². The number of carbonyl (C=O) groups excluding carboxylic acids is 1. The third-order valence-electron chi connectivity index (χ3n) is 5.13. The number of rotatable bonds is 8. The molecule has 0 saturated heterocycles. The number of hydrogen-bond acceptors (Lipinski definition) is 3. The van der Waals surface area contributed by atoms with E-state index in [1.54, 1.807) is 7.11 Å². The average molecular weight is 334 g/mol. The lowest BCUT2D eigenvalue weighted by Crippen LogP contribution is -2.43. The van der Waals surface area contributed by atoms with Gasteiger partial charge >= 0.3 is 6.03 Å². The molecule has 0 bridgehead atoms. The van der Waals surface area contributed by atoms with Gasteiger partial charge in [-0.05, 0) is 42.7 Å². The standard InChI is InChI=1S/C19H30N2O3/c1-15-7-3-4-8-16(15)17(22)13-20-18(23)21-14-19(11-12-24-2)9-5-6-10-19/h3-4,7-8,17,22H,5-6,9-14H2,1-2H3,(H2,20,21,23). The molecule has 1 unspecified atom stereocenters. The van der Waals surface area contributed by atoms with Gasteiger partial charge in [-0.2, -0.15) is 0 Å². The monoisotopic (exact) mass is 334 g/mol. The van der Waals surface area contributed by atoms with Gasteiger partial charge in [0.25, 0.3) is 0 Å². The van der Waals surface area contributed by atoms with Crippen LogP contribution in [0.25, 0.3) is 0 Å². The van der Waals surface area contributed by atoms with E-state index in [1.807, 2.05) is 31.2 Å². The van der Waals surface area contributed by atoms with Crippen LogP contribution in [0.5, 0.6) is 0 Å². The van der Waals surface area contributed by atoms with Gasteiger partial charge in [-0.1, -0.05) is 37.1 Å². The summed E-state index contributed by atoms with van der Waals surface area (Å²) < 4.78 is 5.21. The van der Waals surface area contributed by atoms with E-state index >= 15 is 0 Å². The van der Waals surface area contributed by atoms with Crippen molar-refractivity contribution in [2.45, 2.75) is 45.1 Å². The van der Waals surface area contributed by atoms with Crippen molar-refractivity contribution in [2.24, 2.45) is 5.41 Å². The Bertz CT molecular complexity index is 527. The van der Waals surface area contributed by atoms with Crippen LogP contribution in [0.2, 0.25) is 0 Å². The fourth-order valence-corrected chi connectivity index (χ4v) is 3.55. The van der Waals surface area contributed by atoms with Crippen LogP contribution in [0.1, 0.15) is 49.3 Å². The topological polar surface area (TPSA) is 70.6 Å². The molecular weight excluding hydrogens is 304 g/mol. The van der Waals surface area contributed by atoms with Gasteiger partial charge in [0.15, 0.2) is 0 Å². The summed E-state index contributed by atoms with van der Waals surface area (Å²) in [5, 5.41) is 16.0. The van der Waals surface area contributed by atoms with E-state index in [1.165, 1.54) is 12.8 Å². The molecule has 1 aliphatic carbocycles. The summed E-state index contributed by atoms with van der Waals surface area (Å²) in [5.74, 6) is 0. The number of urea groups is 1. The van der Waals surface area contributed by atoms with Gasteiger partial charge in [-0.25, -0.2) is 4.79 Å². The molecule has 1 atom stereocenters. The number of ether oxygens (including phenoxy) is 1. The largest absolute Gasteiger partial charge is 0.387 e. The number of methoxy groups -OCH3 is 1. The lowest BCUT2D eigenvalue weighted by molar-refractivity contribution is 0.135. The summed E-state index contributed by atoms with van der Waals surface area (Å²) in [6, 6.07) is 7.46. The van der Waals surface area contributed by atoms with Crippen molar-refractivity contribution < 1.29 is 14.6 Å². The molecule has 24 heavy (non-hydrogen) atoms. The normalized spacial score (nSPS) is 17.5. The van der Waals surface area contributed by atoms with E-state index in [0.29, 0.717) is 6.54 Å². The first-order valence-corrected chi connectivity index (χ1v) is 8.80. The number of hydrogen-bond donors (Lipinski definition) is 3. The van der Waals surface area contributed by atoms with Gasteiger partial charge in [0.2, 0.25) is 0 Å². The van der Waals surface area contributed by atoms with Crippen molar-refractivity contribution in [3.63, 3.8) is 0 Å². The second kappa shape index (κ2) is 9.04. The van der Waals surface area contributed by atoms with Gasteiger partial charge in [-0.3, -0.25) is 0 Å². The zero-order valence-corrected chi connectivity index (χ0v) is 14.8. The van der Waals surface area contributed by atoms with E-state index in [-0.39, 0.29) is 18.0 Å². The van der Waals surface area contributed by atoms with Crippen LogP contribution in [0.15, 0.2) is 24.3 Å². The summed E-state index contributed by atoms with van der Waals surface area (Å²) in [6.07, 6.45) is 5.02. The van der Waals surface area contributed by atoms with E-state index in [9.17, 15) is 9.90 Å². The van der Waals surface area contributed by atoms with E-state index in [0.717, 1.165) is 37.0 Å². The van der Waals surface area contributed by atoms with Crippen molar-refractivity contribution >= 4 is 6.03 Å². The fourth-order valence-electron chi connectivity index (χ4n) is 3.55. The molecular formula is C19H30N2O3. The van der Waals surface area contributed by atoms with Crippen LogP contribution in [0.3, 0.4) is 0 Å². The maximum atomic E-state index is 12.1. The molecule has 5 heteroatoms. The molecule has 1 aliphatic rings. The second-order valence-corrected chi connectivity index (χ2v) is 6.89. The Hall–Kier alpha value is -1.59. The minimum Gasteiger partial charge on any atom is -0.387 e. The number of amides is 2. The van der Waals surface area contributed by atoms with E-state index < -0.39 is 6.10 Å². The molecule has 0 radical (unpaired) electrons. The molecule has 3 N–H and O–H groups in total. The van der Waals surface area contributed by atoms with Crippen LogP contribution in [0, 0.1) is 12.3 Å². The van der Waals surface area contributed by atoms with Crippen molar-refractivity contribution in [1.29, 1.82) is 0 Å². The predicted molar refractivity (Wildman–Crippen MR) is 94.9 cm³/mol. The summed E-state index contributed by atoms with van der Waals surface area (Å²) in [7, 11) is 1.72. The van der Waals surface area contributed by atoms with E-state index in [4.69, 9.17) is 4.74 Å². The minimum atomic E-state index is -0.689. The Morgan fingerprint density at radius 1 is 1.29 bits per heavy atom. The van der Waals surface area contributed by atoms with Crippen LogP contribution in [-0.4, -0.2) is 37.9 Å². The maximum absolute atomic E-state index is 12.1. The molecule has 5 nitrogen and oxygen atoms in total. The average Bonchev–Trinajstić information content (AvgIpc) is 3.06. The maximum Gasteiger partial charge on any atom is 0.314 e. The highest BCUT2D eigenvalue weighted by Gasteiger charge is 2.33. The molecule has 0 spiro atoms. The van der Waals surface area contributed by atoms with E-state index in [2.05, 4.69) is 10.6 Å². The number of nitrogens with one attached hydrogen (secondary N) is 2. The Kier molecular flexibility index (Phi) is 7.06. The Balaban J connectivity index is 1.77. The zero-order chi connectivity index (χ0) is 17.4. The molecule has 0 aliphatic heterocycles. The first-order chi connectivity index (χ1) is 11.6. The number of aliphatic hydroxyl groups is 1. The number of aliphatic hydroxyl groups excluding tert-OH is 1. The van der Waals surface area contributed by atoms with Gasteiger partial charge in [0.05, 0.1) is 6.10 Å². The van der Waals surface area contributed by atoms with Gasteiger partial charge < -0.3 is 20.5 Å². The summed E-state index contributed by atoms with van der Waals surface area (Å²) in [5.41, 5.74) is 2.05. The van der Waals surface area contributed by atoms with Crippen LogP contribution >= 0.6 is 0 Å². The lowest BCUT2D eigenvalue weighted by atomic mass is 9.83. The number of aryl methyl sites for hydroxylation is 1. The summed E-state index contributed by atoms with van der Waals surface area (Å²) in [6.45, 7) is 3.57. The van der Waals surface area contributed by atoms with Crippen LogP contribution in [-0.2, 0) is 4.74 Å². The van der Waals surface area contributed by atoms with Gasteiger partial charge in [0, 0.05) is 26.8 Å². The molecule has 0 aromatic heterocycles.